The molecule has 1 heterocycles. The number of fused-ring (bicyclic) bond motifs is 1. The quantitative estimate of drug-likeness (QED) is 0.557. The summed E-state index contributed by atoms with van der Waals surface area (Å²) in [7, 11) is 0. The number of carbonyl (C=O) groups excluding carboxylic acids is 1. The van der Waals surface area contributed by atoms with Gasteiger partial charge in [0.1, 0.15) is 5.75 Å². The van der Waals surface area contributed by atoms with Crippen LogP contribution in [0.3, 0.4) is 0 Å². The van der Waals surface area contributed by atoms with Crippen molar-refractivity contribution in [3.63, 3.8) is 0 Å². The van der Waals surface area contributed by atoms with E-state index >= 15 is 0 Å². The summed E-state index contributed by atoms with van der Waals surface area (Å²) in [6.07, 6.45) is 2.01. The van der Waals surface area contributed by atoms with Crippen molar-refractivity contribution in [1.29, 1.82) is 0 Å². The largest absolute Gasteiger partial charge is 0.465 e. The van der Waals surface area contributed by atoms with Crippen molar-refractivity contribution >= 4 is 28.6 Å². The van der Waals surface area contributed by atoms with Gasteiger partial charge in [-0.2, -0.15) is 0 Å². The van der Waals surface area contributed by atoms with Crippen molar-refractivity contribution in [1.82, 2.24) is 10.3 Å². The van der Waals surface area contributed by atoms with Crippen LogP contribution in [0.4, 0.5) is 10.5 Å². The van der Waals surface area contributed by atoms with Crippen molar-refractivity contribution in [2.24, 2.45) is 5.92 Å². The Labute approximate surface area is 180 Å². The lowest BCUT2D eigenvalue weighted by Gasteiger charge is -2.19. The maximum atomic E-state index is 11.5. The predicted octanol–water partition coefficient (Wildman–Crippen LogP) is 4.60. The number of amides is 2. The van der Waals surface area contributed by atoms with Gasteiger partial charge < -0.3 is 15.2 Å². The van der Waals surface area contributed by atoms with Crippen LogP contribution in [0.5, 0.6) is 11.6 Å². The van der Waals surface area contributed by atoms with Crippen LogP contribution in [0.1, 0.15) is 25.3 Å². The number of rotatable bonds is 8. The third kappa shape index (κ3) is 5.51. The number of nitrogens with zero attached hydrogens (tertiary/aromatic N) is 2. The SMILES string of the molecule is CC(=O)NCCc1ccc2nc(Oc3ccc(N(CC4CC4)C(=O)O)cc3)ccc2c1. The van der Waals surface area contributed by atoms with E-state index in [1.54, 1.807) is 24.3 Å². The minimum atomic E-state index is -0.937. The Kier molecular flexibility index (Phi) is 6.02. The number of benzene rings is 2. The zero-order chi connectivity index (χ0) is 21.8. The molecular formula is C24H25N3O4. The fraction of sp³-hybridized carbons (Fsp3) is 0.292. The van der Waals surface area contributed by atoms with E-state index in [-0.39, 0.29) is 5.91 Å². The number of anilines is 1. The number of ether oxygens (including phenoxy) is 1. The van der Waals surface area contributed by atoms with Crippen LogP contribution in [0.15, 0.2) is 54.6 Å². The summed E-state index contributed by atoms with van der Waals surface area (Å²) in [5.41, 5.74) is 2.59. The van der Waals surface area contributed by atoms with Gasteiger partial charge in [0.25, 0.3) is 0 Å². The first-order valence-electron chi connectivity index (χ1n) is 10.4. The van der Waals surface area contributed by atoms with E-state index in [2.05, 4.69) is 16.4 Å². The lowest BCUT2D eigenvalue weighted by Crippen LogP contribution is -2.31. The van der Waals surface area contributed by atoms with Crippen LogP contribution < -0.4 is 15.0 Å². The molecule has 7 nitrogen and oxygen atoms in total. The zero-order valence-electron chi connectivity index (χ0n) is 17.4. The number of nitrogens with one attached hydrogen (secondary N) is 1. The van der Waals surface area contributed by atoms with Gasteiger partial charge in [0, 0.05) is 37.2 Å². The molecule has 1 aromatic heterocycles. The van der Waals surface area contributed by atoms with Crippen molar-refractivity contribution in [3.8, 4) is 11.6 Å². The first-order valence-corrected chi connectivity index (χ1v) is 10.4. The van der Waals surface area contributed by atoms with Crippen LogP contribution in [-0.4, -0.2) is 35.2 Å². The molecule has 0 aliphatic heterocycles. The summed E-state index contributed by atoms with van der Waals surface area (Å²) < 4.78 is 5.87. The molecule has 2 aromatic carbocycles. The maximum absolute atomic E-state index is 11.5. The van der Waals surface area contributed by atoms with Crippen molar-refractivity contribution in [2.75, 3.05) is 18.0 Å². The van der Waals surface area contributed by atoms with Crippen LogP contribution in [0.25, 0.3) is 10.9 Å². The van der Waals surface area contributed by atoms with E-state index in [0.717, 1.165) is 35.7 Å². The summed E-state index contributed by atoms with van der Waals surface area (Å²) >= 11 is 0. The molecule has 1 saturated carbocycles. The van der Waals surface area contributed by atoms with Crippen LogP contribution in [-0.2, 0) is 11.2 Å². The Morgan fingerprint density at radius 3 is 2.58 bits per heavy atom. The van der Waals surface area contributed by atoms with Crippen LogP contribution >= 0.6 is 0 Å². The smallest absolute Gasteiger partial charge is 0.411 e. The molecule has 7 heteroatoms. The molecule has 31 heavy (non-hydrogen) atoms. The van der Waals surface area contributed by atoms with E-state index in [1.165, 1.54) is 11.8 Å². The first kappa shape index (κ1) is 20.7. The van der Waals surface area contributed by atoms with Gasteiger partial charge in [-0.25, -0.2) is 9.78 Å². The summed E-state index contributed by atoms with van der Waals surface area (Å²) in [4.78, 5) is 28.5. The fourth-order valence-corrected chi connectivity index (χ4v) is 3.42. The molecule has 0 bridgehead atoms. The molecule has 2 amide bonds. The highest BCUT2D eigenvalue weighted by Crippen LogP contribution is 2.32. The standard InChI is InChI=1S/C24H25N3O4/c1-16(28)25-13-12-17-4-10-22-19(14-17)5-11-23(26-22)31-21-8-6-20(7-9-21)27(24(29)30)15-18-2-3-18/h4-11,14,18H,2-3,12-13,15H2,1H3,(H,25,28)(H,29,30). The summed E-state index contributed by atoms with van der Waals surface area (Å²) in [6.45, 7) is 2.65. The van der Waals surface area contributed by atoms with Gasteiger partial charge in [-0.15, -0.1) is 0 Å². The first-order chi connectivity index (χ1) is 15.0. The molecule has 4 rings (SSSR count). The lowest BCUT2D eigenvalue weighted by atomic mass is 10.1. The zero-order valence-corrected chi connectivity index (χ0v) is 17.4. The molecule has 3 aromatic rings. The van der Waals surface area contributed by atoms with Gasteiger partial charge >= 0.3 is 6.09 Å². The van der Waals surface area contributed by atoms with Crippen LogP contribution in [0, 0.1) is 5.92 Å². The third-order valence-electron chi connectivity index (χ3n) is 5.26. The van der Waals surface area contributed by atoms with Gasteiger partial charge in [-0.3, -0.25) is 9.69 Å². The minimum absolute atomic E-state index is 0.0316. The summed E-state index contributed by atoms with van der Waals surface area (Å²) in [5, 5.41) is 13.3. The molecule has 0 spiro atoms. The second-order valence-corrected chi connectivity index (χ2v) is 7.84. The molecule has 1 aliphatic carbocycles. The van der Waals surface area contributed by atoms with Gasteiger partial charge in [0.05, 0.1) is 5.52 Å². The van der Waals surface area contributed by atoms with Crippen molar-refractivity contribution in [3.05, 3.63) is 60.2 Å². The Bertz CT molecular complexity index is 1090. The normalized spacial score (nSPS) is 13.1. The highest BCUT2D eigenvalue weighted by Gasteiger charge is 2.27. The highest BCUT2D eigenvalue weighted by molar-refractivity contribution is 5.86. The van der Waals surface area contributed by atoms with E-state index in [4.69, 9.17) is 4.74 Å². The molecule has 0 radical (unpaired) electrons. The fourth-order valence-electron chi connectivity index (χ4n) is 3.42. The number of carboxylic acid groups (broad SMARTS) is 1. The van der Waals surface area contributed by atoms with E-state index in [0.29, 0.717) is 36.3 Å². The molecule has 0 saturated heterocycles. The number of aromatic nitrogens is 1. The van der Waals surface area contributed by atoms with Crippen LogP contribution in [0.2, 0.25) is 0 Å². The summed E-state index contributed by atoms with van der Waals surface area (Å²) in [5.74, 6) is 1.51. The Hall–Kier alpha value is -3.61. The maximum Gasteiger partial charge on any atom is 0.411 e. The molecule has 1 aliphatic rings. The van der Waals surface area contributed by atoms with Gasteiger partial charge in [-0.05, 0) is 73.2 Å². The number of hydrogen-bond acceptors (Lipinski definition) is 4. The van der Waals surface area contributed by atoms with Gasteiger partial charge in [-0.1, -0.05) is 6.07 Å². The minimum Gasteiger partial charge on any atom is -0.465 e. The Morgan fingerprint density at radius 1 is 1.13 bits per heavy atom. The second-order valence-electron chi connectivity index (χ2n) is 7.84. The molecule has 1 fully saturated rings. The number of carbonyl (C=O) groups is 2. The number of pyridine rings is 1. The van der Waals surface area contributed by atoms with E-state index < -0.39 is 6.09 Å². The molecule has 0 unspecified atom stereocenters. The Balaban J connectivity index is 1.42. The Morgan fingerprint density at radius 2 is 1.90 bits per heavy atom. The molecule has 160 valence electrons. The van der Waals surface area contributed by atoms with Gasteiger partial charge in [0.2, 0.25) is 11.8 Å². The molecular weight excluding hydrogens is 394 g/mol. The number of hydrogen-bond donors (Lipinski definition) is 2. The topological polar surface area (TPSA) is 91.8 Å². The average Bonchev–Trinajstić information content (AvgIpc) is 3.57. The average molecular weight is 419 g/mol. The van der Waals surface area contributed by atoms with Gasteiger partial charge in [0.15, 0.2) is 0 Å². The summed E-state index contributed by atoms with van der Waals surface area (Å²) in [6, 6.07) is 16.8. The van der Waals surface area contributed by atoms with E-state index in [1.807, 2.05) is 24.3 Å². The third-order valence-corrected chi connectivity index (χ3v) is 5.26. The second kappa shape index (κ2) is 9.04. The van der Waals surface area contributed by atoms with Crippen molar-refractivity contribution < 1.29 is 19.4 Å². The molecule has 2 N–H and O–H groups in total. The van der Waals surface area contributed by atoms with E-state index in [9.17, 15) is 14.7 Å². The lowest BCUT2D eigenvalue weighted by molar-refractivity contribution is -0.118. The highest BCUT2D eigenvalue weighted by atomic mass is 16.5. The van der Waals surface area contributed by atoms with Crippen molar-refractivity contribution in [2.45, 2.75) is 26.2 Å². The monoisotopic (exact) mass is 419 g/mol. The molecule has 0 atom stereocenters. The predicted molar refractivity (Wildman–Crippen MR) is 119 cm³/mol.